The molecule has 1 atom stereocenters. The number of likely N-dealkylation sites (tertiary alicyclic amines) is 2. The summed E-state index contributed by atoms with van der Waals surface area (Å²) in [6.45, 7) is 6.76. The highest BCUT2D eigenvalue weighted by Crippen LogP contribution is 2.33. The van der Waals surface area contributed by atoms with Gasteiger partial charge in [0, 0.05) is 49.9 Å². The summed E-state index contributed by atoms with van der Waals surface area (Å²) < 4.78 is 0. The average molecular weight is 407 g/mol. The van der Waals surface area contributed by atoms with Crippen LogP contribution in [0.1, 0.15) is 56.0 Å². The van der Waals surface area contributed by atoms with Crippen LogP contribution in [0.4, 0.5) is 0 Å². The third-order valence-corrected chi connectivity index (χ3v) is 6.72. The molecule has 2 fully saturated rings. The average Bonchev–Trinajstić information content (AvgIpc) is 2.97. The molecule has 30 heavy (non-hydrogen) atoms. The number of aryl methyl sites for hydroxylation is 1. The first-order valence-electron chi connectivity index (χ1n) is 11.6. The third kappa shape index (κ3) is 5.25. The molecule has 1 aromatic heterocycles. The van der Waals surface area contributed by atoms with Gasteiger partial charge in [-0.05, 0) is 50.3 Å². The number of aromatic nitrogens is 2. The van der Waals surface area contributed by atoms with Gasteiger partial charge in [-0.2, -0.15) is 0 Å². The van der Waals surface area contributed by atoms with E-state index >= 15 is 0 Å². The molecule has 160 valence electrons. The first-order chi connectivity index (χ1) is 14.7. The lowest BCUT2D eigenvalue weighted by molar-refractivity contribution is -0.138. The topological polar surface area (TPSA) is 49.3 Å². The van der Waals surface area contributed by atoms with Gasteiger partial charge in [0.1, 0.15) is 5.82 Å². The number of carbonyl (C=O) groups excluding carboxylic acids is 1. The molecule has 5 heteroatoms. The zero-order valence-electron chi connectivity index (χ0n) is 18.2. The summed E-state index contributed by atoms with van der Waals surface area (Å²) in [5.74, 6) is 2.01. The van der Waals surface area contributed by atoms with Crippen LogP contribution < -0.4 is 0 Å². The van der Waals surface area contributed by atoms with Crippen molar-refractivity contribution in [2.75, 3.05) is 19.6 Å². The predicted molar refractivity (Wildman–Crippen MR) is 119 cm³/mol. The second-order valence-electron chi connectivity index (χ2n) is 8.82. The van der Waals surface area contributed by atoms with E-state index in [4.69, 9.17) is 0 Å². The molecule has 5 nitrogen and oxygen atoms in total. The number of hydrogen-bond donors (Lipinski definition) is 0. The molecule has 0 aliphatic carbocycles. The maximum absolute atomic E-state index is 13.4. The highest BCUT2D eigenvalue weighted by atomic mass is 16.2. The molecular formula is C25H34N4O. The summed E-state index contributed by atoms with van der Waals surface area (Å²) in [4.78, 5) is 26.8. The van der Waals surface area contributed by atoms with E-state index in [9.17, 15) is 4.79 Å². The van der Waals surface area contributed by atoms with Gasteiger partial charge in [0.25, 0.3) is 0 Å². The highest BCUT2D eigenvalue weighted by molar-refractivity contribution is 5.79. The van der Waals surface area contributed by atoms with Crippen molar-refractivity contribution in [3.63, 3.8) is 0 Å². The summed E-state index contributed by atoms with van der Waals surface area (Å²) in [6, 6.07) is 10.4. The first-order valence-corrected chi connectivity index (χ1v) is 11.6. The number of nitrogens with zero attached hydrogens (tertiary/aromatic N) is 4. The number of rotatable bonds is 6. The molecule has 0 bridgehead atoms. The van der Waals surface area contributed by atoms with Crippen molar-refractivity contribution in [3.8, 4) is 0 Å². The van der Waals surface area contributed by atoms with Crippen LogP contribution in [0.5, 0.6) is 0 Å². The Labute approximate surface area is 180 Å². The normalized spacial score (nSPS) is 21.6. The van der Waals surface area contributed by atoms with Gasteiger partial charge in [0.15, 0.2) is 0 Å². The Morgan fingerprint density at radius 2 is 1.63 bits per heavy atom. The zero-order valence-corrected chi connectivity index (χ0v) is 18.2. The third-order valence-electron chi connectivity index (χ3n) is 6.72. The van der Waals surface area contributed by atoms with Crippen LogP contribution in [-0.2, 0) is 24.3 Å². The lowest BCUT2D eigenvalue weighted by Crippen LogP contribution is -2.42. The molecular weight excluding hydrogens is 372 g/mol. The summed E-state index contributed by atoms with van der Waals surface area (Å²) in [5.41, 5.74) is 2.42. The molecule has 2 aliphatic rings. The largest absolute Gasteiger partial charge is 0.338 e. The molecule has 1 amide bonds. The minimum Gasteiger partial charge on any atom is -0.338 e. The van der Waals surface area contributed by atoms with Crippen molar-refractivity contribution in [2.45, 2.75) is 58.5 Å². The molecule has 2 aromatic rings. The standard InChI is InChI=1S/C25H34N4O/c1-2-24-26-16-21(17-27-24)18-28-14-11-22(12-15-28)23-10-6-7-13-29(25(23)30)19-20-8-4-3-5-9-20/h3-5,8-9,16-17,22-23H,2,6-7,10-15,18-19H2,1H3/t23-/m1/s1. The molecule has 4 rings (SSSR count). The van der Waals surface area contributed by atoms with E-state index < -0.39 is 0 Å². The van der Waals surface area contributed by atoms with Crippen LogP contribution >= 0.6 is 0 Å². The quantitative estimate of drug-likeness (QED) is 0.725. The zero-order chi connectivity index (χ0) is 20.8. The molecule has 0 spiro atoms. The number of carbonyl (C=O) groups is 1. The summed E-state index contributed by atoms with van der Waals surface area (Å²) >= 11 is 0. The Morgan fingerprint density at radius 1 is 0.900 bits per heavy atom. The second-order valence-corrected chi connectivity index (χ2v) is 8.82. The van der Waals surface area contributed by atoms with Crippen LogP contribution in [0.2, 0.25) is 0 Å². The van der Waals surface area contributed by atoms with Crippen LogP contribution in [0.25, 0.3) is 0 Å². The molecule has 0 N–H and O–H groups in total. The van der Waals surface area contributed by atoms with Crippen LogP contribution in [0.15, 0.2) is 42.7 Å². The van der Waals surface area contributed by atoms with Crippen molar-refractivity contribution < 1.29 is 4.79 Å². The molecule has 1 aromatic carbocycles. The fraction of sp³-hybridized carbons (Fsp3) is 0.560. The van der Waals surface area contributed by atoms with E-state index in [2.05, 4.69) is 51.0 Å². The van der Waals surface area contributed by atoms with E-state index in [-0.39, 0.29) is 5.92 Å². The van der Waals surface area contributed by atoms with Gasteiger partial charge in [0.2, 0.25) is 5.91 Å². The van der Waals surface area contributed by atoms with E-state index in [1.807, 2.05) is 18.5 Å². The van der Waals surface area contributed by atoms with Gasteiger partial charge < -0.3 is 4.90 Å². The summed E-state index contributed by atoms with van der Waals surface area (Å²) in [6.07, 6.45) is 10.4. The van der Waals surface area contributed by atoms with Crippen molar-refractivity contribution in [1.82, 2.24) is 19.8 Å². The van der Waals surface area contributed by atoms with Crippen molar-refractivity contribution in [3.05, 3.63) is 59.7 Å². The van der Waals surface area contributed by atoms with E-state index in [1.165, 1.54) is 17.5 Å². The second kappa shape index (κ2) is 10.2. The van der Waals surface area contributed by atoms with Crippen molar-refractivity contribution in [1.29, 1.82) is 0 Å². The number of amides is 1. The maximum atomic E-state index is 13.4. The smallest absolute Gasteiger partial charge is 0.226 e. The molecule has 0 saturated carbocycles. The maximum Gasteiger partial charge on any atom is 0.226 e. The Balaban J connectivity index is 1.32. The Hall–Kier alpha value is -2.27. The van der Waals surface area contributed by atoms with Crippen LogP contribution in [-0.4, -0.2) is 45.3 Å². The monoisotopic (exact) mass is 406 g/mol. The Bertz CT molecular complexity index is 800. The molecule has 0 unspecified atom stereocenters. The molecule has 2 saturated heterocycles. The highest BCUT2D eigenvalue weighted by Gasteiger charge is 2.35. The molecule has 0 radical (unpaired) electrons. The van der Waals surface area contributed by atoms with Gasteiger partial charge in [0.05, 0.1) is 0 Å². The fourth-order valence-corrected chi connectivity index (χ4v) is 4.95. The lowest BCUT2D eigenvalue weighted by Gasteiger charge is -2.36. The van der Waals surface area contributed by atoms with E-state index in [0.29, 0.717) is 11.8 Å². The minimum absolute atomic E-state index is 0.200. The van der Waals surface area contributed by atoms with Gasteiger partial charge in [-0.15, -0.1) is 0 Å². The predicted octanol–water partition coefficient (Wildman–Crippen LogP) is 4.08. The van der Waals surface area contributed by atoms with Crippen LogP contribution in [0, 0.1) is 11.8 Å². The summed E-state index contributed by atoms with van der Waals surface area (Å²) in [5, 5.41) is 0. The van der Waals surface area contributed by atoms with Gasteiger partial charge in [-0.3, -0.25) is 9.69 Å². The summed E-state index contributed by atoms with van der Waals surface area (Å²) in [7, 11) is 0. The number of benzene rings is 1. The Kier molecular flexibility index (Phi) is 7.11. The Morgan fingerprint density at radius 3 is 2.33 bits per heavy atom. The fourth-order valence-electron chi connectivity index (χ4n) is 4.95. The number of hydrogen-bond acceptors (Lipinski definition) is 4. The van der Waals surface area contributed by atoms with E-state index in [0.717, 1.165) is 70.7 Å². The molecule has 2 aliphatic heterocycles. The van der Waals surface area contributed by atoms with Gasteiger partial charge in [-0.25, -0.2) is 9.97 Å². The van der Waals surface area contributed by atoms with Crippen LogP contribution in [0.3, 0.4) is 0 Å². The lowest BCUT2D eigenvalue weighted by atomic mass is 9.81. The van der Waals surface area contributed by atoms with Gasteiger partial charge in [-0.1, -0.05) is 43.7 Å². The van der Waals surface area contributed by atoms with Gasteiger partial charge >= 0.3 is 0 Å². The first kappa shape index (κ1) is 21.0. The minimum atomic E-state index is 0.200. The van der Waals surface area contributed by atoms with E-state index in [1.54, 1.807) is 0 Å². The van der Waals surface area contributed by atoms with Crippen molar-refractivity contribution in [2.24, 2.45) is 11.8 Å². The van der Waals surface area contributed by atoms with Crippen molar-refractivity contribution >= 4 is 5.91 Å². The number of piperidine rings is 1. The SMILES string of the molecule is CCc1ncc(CN2CCC([C@H]3CCCCN(Cc4ccccc4)C3=O)CC2)cn1. The molecule has 3 heterocycles.